The van der Waals surface area contributed by atoms with E-state index in [0.717, 1.165) is 5.56 Å². The Labute approximate surface area is 123 Å². The standard InChI is InChI=1S/C15H17ClO4/c1-19-15(18)11-13(17)8-10-20-9-4-6-12-5-2-3-7-14(12)16/h2-7H,8-11H2,1H3/b6-4+. The second-order valence-corrected chi connectivity index (χ2v) is 4.45. The molecule has 1 aromatic rings. The van der Waals surface area contributed by atoms with Crippen molar-refractivity contribution >= 4 is 29.4 Å². The Kier molecular flexibility index (Phi) is 7.62. The van der Waals surface area contributed by atoms with Crippen LogP contribution >= 0.6 is 11.6 Å². The normalized spacial score (nSPS) is 10.7. The van der Waals surface area contributed by atoms with Gasteiger partial charge in [0, 0.05) is 11.4 Å². The van der Waals surface area contributed by atoms with E-state index in [4.69, 9.17) is 16.3 Å². The maximum absolute atomic E-state index is 11.3. The third kappa shape index (κ3) is 6.50. The molecule has 0 atom stereocenters. The number of methoxy groups -OCH3 is 1. The number of halogens is 1. The van der Waals surface area contributed by atoms with E-state index in [1.165, 1.54) is 7.11 Å². The molecule has 0 unspecified atom stereocenters. The highest BCUT2D eigenvalue weighted by Crippen LogP contribution is 2.15. The fourth-order valence-corrected chi connectivity index (χ4v) is 1.64. The number of hydrogen-bond donors (Lipinski definition) is 0. The molecular formula is C15H17ClO4. The molecule has 5 heteroatoms. The fraction of sp³-hybridized carbons (Fsp3) is 0.333. The maximum atomic E-state index is 11.3. The highest BCUT2D eigenvalue weighted by Gasteiger charge is 2.08. The molecular weight excluding hydrogens is 280 g/mol. The number of carbonyl (C=O) groups is 2. The molecule has 20 heavy (non-hydrogen) atoms. The molecule has 0 aliphatic carbocycles. The van der Waals surface area contributed by atoms with Gasteiger partial charge in [-0.05, 0) is 11.6 Å². The first-order chi connectivity index (χ1) is 9.63. The summed E-state index contributed by atoms with van der Waals surface area (Å²) in [6.45, 7) is 0.666. The Balaban J connectivity index is 2.18. The molecule has 0 radical (unpaired) electrons. The number of ether oxygens (including phenoxy) is 2. The van der Waals surface area contributed by atoms with Gasteiger partial charge in [-0.1, -0.05) is 42.0 Å². The lowest BCUT2D eigenvalue weighted by molar-refractivity contribution is -0.143. The quantitative estimate of drug-likeness (QED) is 0.420. The van der Waals surface area contributed by atoms with E-state index in [-0.39, 0.29) is 25.2 Å². The lowest BCUT2D eigenvalue weighted by Crippen LogP contribution is -2.11. The van der Waals surface area contributed by atoms with E-state index < -0.39 is 5.97 Å². The van der Waals surface area contributed by atoms with Gasteiger partial charge in [0.2, 0.25) is 0 Å². The fourth-order valence-electron chi connectivity index (χ4n) is 1.44. The Morgan fingerprint density at radius 2 is 2.05 bits per heavy atom. The third-order valence-electron chi connectivity index (χ3n) is 2.51. The van der Waals surface area contributed by atoms with Crippen molar-refractivity contribution < 1.29 is 19.1 Å². The van der Waals surface area contributed by atoms with Gasteiger partial charge in [0.15, 0.2) is 0 Å². The van der Waals surface area contributed by atoms with Crippen LogP contribution in [0.1, 0.15) is 18.4 Å². The van der Waals surface area contributed by atoms with Crippen LogP contribution in [0, 0.1) is 0 Å². The number of Topliss-reactive ketones (excluding diaryl/α,β-unsaturated/α-hetero) is 1. The van der Waals surface area contributed by atoms with Crippen LogP contribution < -0.4 is 0 Å². The van der Waals surface area contributed by atoms with Gasteiger partial charge in [-0.2, -0.15) is 0 Å². The summed E-state index contributed by atoms with van der Waals surface area (Å²) in [6, 6.07) is 7.48. The SMILES string of the molecule is COC(=O)CC(=O)CCOC/C=C/c1ccccc1Cl. The summed E-state index contributed by atoms with van der Waals surface area (Å²) in [4.78, 5) is 22.1. The topological polar surface area (TPSA) is 52.6 Å². The van der Waals surface area contributed by atoms with Gasteiger partial charge in [-0.15, -0.1) is 0 Å². The zero-order valence-corrected chi connectivity index (χ0v) is 12.1. The molecule has 0 heterocycles. The van der Waals surface area contributed by atoms with E-state index in [2.05, 4.69) is 4.74 Å². The van der Waals surface area contributed by atoms with Gasteiger partial charge < -0.3 is 9.47 Å². The van der Waals surface area contributed by atoms with Gasteiger partial charge in [-0.25, -0.2) is 0 Å². The Hall–Kier alpha value is -1.65. The van der Waals surface area contributed by atoms with Crippen molar-refractivity contribution in [2.75, 3.05) is 20.3 Å². The molecule has 108 valence electrons. The summed E-state index contributed by atoms with van der Waals surface area (Å²) in [5.41, 5.74) is 0.916. The molecule has 0 saturated heterocycles. The van der Waals surface area contributed by atoms with Crippen molar-refractivity contribution in [2.45, 2.75) is 12.8 Å². The zero-order valence-electron chi connectivity index (χ0n) is 11.3. The maximum Gasteiger partial charge on any atom is 0.313 e. The van der Waals surface area contributed by atoms with E-state index in [1.54, 1.807) is 0 Å². The van der Waals surface area contributed by atoms with Crippen molar-refractivity contribution in [1.29, 1.82) is 0 Å². The number of esters is 1. The minimum Gasteiger partial charge on any atom is -0.469 e. The summed E-state index contributed by atoms with van der Waals surface area (Å²) in [7, 11) is 1.26. The molecule has 4 nitrogen and oxygen atoms in total. The molecule has 0 aromatic heterocycles. The van der Waals surface area contributed by atoms with E-state index in [9.17, 15) is 9.59 Å². The molecule has 0 bridgehead atoms. The van der Waals surface area contributed by atoms with Gasteiger partial charge in [-0.3, -0.25) is 9.59 Å². The van der Waals surface area contributed by atoms with Crippen LogP contribution in [0.25, 0.3) is 6.08 Å². The van der Waals surface area contributed by atoms with Crippen molar-refractivity contribution in [1.82, 2.24) is 0 Å². The summed E-state index contributed by atoms with van der Waals surface area (Å²) >= 11 is 5.99. The average Bonchev–Trinajstić information content (AvgIpc) is 2.44. The van der Waals surface area contributed by atoms with Crippen molar-refractivity contribution in [3.63, 3.8) is 0 Å². The predicted molar refractivity (Wildman–Crippen MR) is 77.6 cm³/mol. The largest absolute Gasteiger partial charge is 0.469 e. The highest BCUT2D eigenvalue weighted by atomic mass is 35.5. The second kappa shape index (κ2) is 9.28. The van der Waals surface area contributed by atoms with Crippen LogP contribution in [0.4, 0.5) is 0 Å². The molecule has 0 fully saturated rings. The summed E-state index contributed by atoms with van der Waals surface area (Å²) in [5, 5.41) is 0.678. The molecule has 1 rings (SSSR count). The van der Waals surface area contributed by atoms with Crippen LogP contribution in [-0.2, 0) is 19.1 Å². The number of benzene rings is 1. The van der Waals surface area contributed by atoms with Crippen LogP contribution in [0.5, 0.6) is 0 Å². The van der Waals surface area contributed by atoms with Crippen LogP contribution in [0.15, 0.2) is 30.3 Å². The predicted octanol–water partition coefficient (Wildman–Crippen LogP) is 2.89. The van der Waals surface area contributed by atoms with Gasteiger partial charge in [0.05, 0.1) is 20.3 Å². The molecule has 0 amide bonds. The highest BCUT2D eigenvalue weighted by molar-refractivity contribution is 6.32. The van der Waals surface area contributed by atoms with Crippen LogP contribution in [0.3, 0.4) is 0 Å². The second-order valence-electron chi connectivity index (χ2n) is 4.04. The zero-order chi connectivity index (χ0) is 14.8. The van der Waals surface area contributed by atoms with Gasteiger partial charge in [0.1, 0.15) is 12.2 Å². The first-order valence-corrected chi connectivity index (χ1v) is 6.58. The monoisotopic (exact) mass is 296 g/mol. The molecule has 0 aliphatic heterocycles. The minimum absolute atomic E-state index is 0.188. The minimum atomic E-state index is -0.520. The van der Waals surface area contributed by atoms with Crippen LogP contribution in [-0.4, -0.2) is 32.1 Å². The third-order valence-corrected chi connectivity index (χ3v) is 2.86. The van der Waals surface area contributed by atoms with Crippen LogP contribution in [0.2, 0.25) is 5.02 Å². The van der Waals surface area contributed by atoms with E-state index in [1.807, 2.05) is 36.4 Å². The number of hydrogen-bond acceptors (Lipinski definition) is 4. The number of carbonyl (C=O) groups excluding carboxylic acids is 2. The lowest BCUT2D eigenvalue weighted by Gasteiger charge is -2.01. The van der Waals surface area contributed by atoms with Gasteiger partial charge in [0.25, 0.3) is 0 Å². The molecule has 0 saturated carbocycles. The summed E-state index contributed by atoms with van der Waals surface area (Å²) in [5.74, 6) is -0.708. The molecule has 0 spiro atoms. The summed E-state index contributed by atoms with van der Waals surface area (Å²) < 4.78 is 9.68. The number of rotatable bonds is 8. The van der Waals surface area contributed by atoms with E-state index in [0.29, 0.717) is 11.6 Å². The molecule has 0 aliphatic rings. The number of ketones is 1. The smallest absolute Gasteiger partial charge is 0.313 e. The average molecular weight is 297 g/mol. The first-order valence-electron chi connectivity index (χ1n) is 6.21. The first kappa shape index (κ1) is 16.4. The van der Waals surface area contributed by atoms with Gasteiger partial charge >= 0.3 is 5.97 Å². The lowest BCUT2D eigenvalue weighted by atomic mass is 10.2. The molecule has 1 aromatic carbocycles. The summed E-state index contributed by atoms with van der Waals surface area (Å²) in [6.07, 6.45) is 3.69. The van der Waals surface area contributed by atoms with Crippen molar-refractivity contribution in [3.05, 3.63) is 40.9 Å². The van der Waals surface area contributed by atoms with Crippen molar-refractivity contribution in [2.24, 2.45) is 0 Å². The Bertz CT molecular complexity index is 483. The Morgan fingerprint density at radius 3 is 2.75 bits per heavy atom. The van der Waals surface area contributed by atoms with E-state index >= 15 is 0 Å². The Morgan fingerprint density at radius 1 is 1.30 bits per heavy atom. The molecule has 0 N–H and O–H groups in total. The van der Waals surface area contributed by atoms with Crippen molar-refractivity contribution in [3.8, 4) is 0 Å².